The Balaban J connectivity index is 3.75. The maximum Gasteiger partial charge on any atom is 0.338 e. The largest absolute Gasteiger partial charge is 0.394 e. The van der Waals surface area contributed by atoms with Crippen molar-refractivity contribution in [3.63, 3.8) is 0 Å². The molecule has 0 N–H and O–H groups in total. The third-order valence-electron chi connectivity index (χ3n) is 7.64. The summed E-state index contributed by atoms with van der Waals surface area (Å²) in [5, 5.41) is 0. The second kappa shape index (κ2) is 28.7. The first-order chi connectivity index (χ1) is 17.2. The summed E-state index contributed by atoms with van der Waals surface area (Å²) in [5.74, 6) is 0. The molecule has 0 aromatic rings. The molecule has 35 heavy (non-hydrogen) atoms. The van der Waals surface area contributed by atoms with Crippen molar-refractivity contribution in [3.05, 3.63) is 0 Å². The van der Waals surface area contributed by atoms with Gasteiger partial charge in [0, 0.05) is 13.2 Å². The van der Waals surface area contributed by atoms with Gasteiger partial charge in [-0.05, 0) is 25.9 Å². The van der Waals surface area contributed by atoms with Crippen LogP contribution in [0.15, 0.2) is 0 Å². The molecule has 0 rings (SSSR count). The summed E-state index contributed by atoms with van der Waals surface area (Å²) in [6.45, 7) is 10.6. The van der Waals surface area contributed by atoms with Gasteiger partial charge in [-0.15, -0.1) is 0 Å². The van der Waals surface area contributed by atoms with E-state index < -0.39 is 8.56 Å². The van der Waals surface area contributed by atoms with Crippen molar-refractivity contribution in [2.75, 3.05) is 13.2 Å². The lowest BCUT2D eigenvalue weighted by atomic mass is 10.0. The summed E-state index contributed by atoms with van der Waals surface area (Å²) in [5.41, 5.74) is 0. The summed E-state index contributed by atoms with van der Waals surface area (Å²) in [7, 11) is -1.98. The summed E-state index contributed by atoms with van der Waals surface area (Å²) in [6.07, 6.45) is 34.0. The fourth-order valence-corrected chi connectivity index (χ4v) is 8.99. The van der Waals surface area contributed by atoms with Gasteiger partial charge < -0.3 is 8.85 Å². The van der Waals surface area contributed by atoms with Crippen LogP contribution in [0, 0.1) is 0 Å². The van der Waals surface area contributed by atoms with E-state index in [1.54, 1.807) is 0 Å². The standard InChI is InChI=1S/C32H68O2Si/c1-5-9-11-13-15-17-18-19-20-21-22-23-24-26-28-30-32-35(33-7-3,34-8-4)31-29-27-25-16-14-12-10-6-2/h5-32H2,1-4H3. The van der Waals surface area contributed by atoms with Crippen molar-refractivity contribution in [1.29, 1.82) is 0 Å². The van der Waals surface area contributed by atoms with Crippen LogP contribution < -0.4 is 0 Å². The first-order valence-corrected chi connectivity index (χ1v) is 18.8. The van der Waals surface area contributed by atoms with Crippen LogP contribution >= 0.6 is 0 Å². The molecule has 0 bridgehead atoms. The molecule has 0 heterocycles. The van der Waals surface area contributed by atoms with Gasteiger partial charge in [-0.2, -0.15) is 0 Å². The van der Waals surface area contributed by atoms with E-state index in [0.29, 0.717) is 0 Å². The van der Waals surface area contributed by atoms with Gasteiger partial charge in [-0.3, -0.25) is 0 Å². The Bertz CT molecular complexity index is 382. The highest BCUT2D eigenvalue weighted by molar-refractivity contribution is 6.67. The monoisotopic (exact) mass is 512 g/mol. The van der Waals surface area contributed by atoms with Gasteiger partial charge >= 0.3 is 8.56 Å². The molecule has 0 amide bonds. The van der Waals surface area contributed by atoms with Gasteiger partial charge in [0.25, 0.3) is 0 Å². The molecule has 0 aromatic carbocycles. The number of hydrogen-bond donors (Lipinski definition) is 0. The van der Waals surface area contributed by atoms with E-state index in [1.807, 2.05) is 0 Å². The van der Waals surface area contributed by atoms with Crippen LogP contribution in [0.2, 0.25) is 12.1 Å². The molecule has 0 aromatic heterocycles. The zero-order valence-electron chi connectivity index (χ0n) is 25.1. The highest BCUT2D eigenvalue weighted by Gasteiger charge is 2.35. The molecule has 0 aliphatic carbocycles. The lowest BCUT2D eigenvalue weighted by molar-refractivity contribution is 0.180. The predicted octanol–water partition coefficient (Wildman–Crippen LogP) is 11.9. The molecular weight excluding hydrogens is 444 g/mol. The third kappa shape index (κ3) is 24.2. The molecule has 0 aliphatic rings. The van der Waals surface area contributed by atoms with Crippen LogP contribution in [-0.2, 0) is 8.85 Å². The average Bonchev–Trinajstić information content (AvgIpc) is 2.85. The van der Waals surface area contributed by atoms with E-state index >= 15 is 0 Å². The Morgan fingerprint density at radius 1 is 0.314 bits per heavy atom. The van der Waals surface area contributed by atoms with Gasteiger partial charge in [-0.25, -0.2) is 0 Å². The van der Waals surface area contributed by atoms with Crippen LogP contribution in [0.25, 0.3) is 0 Å². The summed E-state index contributed by atoms with van der Waals surface area (Å²) in [6, 6.07) is 2.42. The van der Waals surface area contributed by atoms with E-state index in [1.165, 1.54) is 166 Å². The smallest absolute Gasteiger partial charge is 0.338 e. The maximum absolute atomic E-state index is 6.37. The van der Waals surface area contributed by atoms with Gasteiger partial charge in [0.05, 0.1) is 0 Å². The second-order valence-electron chi connectivity index (χ2n) is 11.1. The molecule has 2 nitrogen and oxygen atoms in total. The van der Waals surface area contributed by atoms with Crippen molar-refractivity contribution in [3.8, 4) is 0 Å². The Kier molecular flexibility index (Phi) is 28.8. The van der Waals surface area contributed by atoms with Crippen molar-refractivity contribution < 1.29 is 8.85 Å². The van der Waals surface area contributed by atoms with E-state index in [9.17, 15) is 0 Å². The third-order valence-corrected chi connectivity index (χ3v) is 11.5. The first-order valence-electron chi connectivity index (χ1n) is 16.5. The molecule has 3 heteroatoms. The molecule has 0 atom stereocenters. The van der Waals surface area contributed by atoms with E-state index in [4.69, 9.17) is 8.85 Å². The van der Waals surface area contributed by atoms with E-state index in [2.05, 4.69) is 27.7 Å². The van der Waals surface area contributed by atoms with Crippen LogP contribution in [0.5, 0.6) is 0 Å². The normalized spacial score (nSPS) is 12.0. The van der Waals surface area contributed by atoms with Crippen LogP contribution in [0.4, 0.5) is 0 Å². The minimum Gasteiger partial charge on any atom is -0.394 e. The lowest BCUT2D eigenvalue weighted by Gasteiger charge is -2.30. The molecular formula is C32H68O2Si. The molecule has 0 saturated carbocycles. The maximum atomic E-state index is 6.37. The second-order valence-corrected chi connectivity index (χ2v) is 14.5. The molecule has 0 spiro atoms. The van der Waals surface area contributed by atoms with Gasteiger partial charge in [-0.1, -0.05) is 168 Å². The first kappa shape index (κ1) is 35.1. The number of hydrogen-bond acceptors (Lipinski definition) is 2. The SMILES string of the molecule is CCCCCCCCCCCCCCCCCC[Si](CCCCCCCCCC)(OCC)OCC. The van der Waals surface area contributed by atoms with Crippen LogP contribution in [0.1, 0.15) is 182 Å². The van der Waals surface area contributed by atoms with Gasteiger partial charge in [0.1, 0.15) is 0 Å². The fraction of sp³-hybridized carbons (Fsp3) is 1.00. The molecule has 0 saturated heterocycles. The number of unbranched alkanes of at least 4 members (excludes halogenated alkanes) is 22. The van der Waals surface area contributed by atoms with Gasteiger partial charge in [0.15, 0.2) is 0 Å². The van der Waals surface area contributed by atoms with Crippen LogP contribution in [0.3, 0.4) is 0 Å². The summed E-state index contributed by atoms with van der Waals surface area (Å²) >= 11 is 0. The molecule has 0 aliphatic heterocycles. The Hall–Kier alpha value is 0.137. The highest BCUT2D eigenvalue weighted by atomic mass is 28.4. The lowest BCUT2D eigenvalue weighted by Crippen LogP contribution is -2.42. The predicted molar refractivity (Wildman–Crippen MR) is 161 cm³/mol. The molecule has 0 radical (unpaired) electrons. The highest BCUT2D eigenvalue weighted by Crippen LogP contribution is 2.26. The van der Waals surface area contributed by atoms with Gasteiger partial charge in [0.2, 0.25) is 0 Å². The van der Waals surface area contributed by atoms with Crippen molar-refractivity contribution in [1.82, 2.24) is 0 Å². The minimum absolute atomic E-state index is 0.822. The number of rotatable bonds is 30. The van der Waals surface area contributed by atoms with Crippen LogP contribution in [-0.4, -0.2) is 21.8 Å². The topological polar surface area (TPSA) is 18.5 Å². The van der Waals surface area contributed by atoms with Crippen molar-refractivity contribution in [2.45, 2.75) is 194 Å². The van der Waals surface area contributed by atoms with Crippen molar-refractivity contribution >= 4 is 8.56 Å². The Morgan fingerprint density at radius 3 is 0.771 bits per heavy atom. The Morgan fingerprint density at radius 2 is 0.543 bits per heavy atom. The minimum atomic E-state index is -1.98. The average molecular weight is 513 g/mol. The fourth-order valence-electron chi connectivity index (χ4n) is 5.45. The molecule has 0 fully saturated rings. The zero-order chi connectivity index (χ0) is 25.7. The van der Waals surface area contributed by atoms with E-state index in [-0.39, 0.29) is 0 Å². The van der Waals surface area contributed by atoms with E-state index in [0.717, 1.165) is 13.2 Å². The van der Waals surface area contributed by atoms with Crippen molar-refractivity contribution in [2.24, 2.45) is 0 Å². The molecule has 0 unspecified atom stereocenters. The Labute approximate surface area is 224 Å². The quantitative estimate of drug-likeness (QED) is 0.0703. The molecule has 212 valence electrons. The summed E-state index contributed by atoms with van der Waals surface area (Å²) < 4.78 is 12.7. The summed E-state index contributed by atoms with van der Waals surface area (Å²) in [4.78, 5) is 0. The zero-order valence-corrected chi connectivity index (χ0v) is 26.1.